The zero-order chi connectivity index (χ0) is 22.7. The number of hydrogen-bond donors (Lipinski definition) is 3. The Morgan fingerprint density at radius 3 is 2.91 bits per heavy atom. The van der Waals surface area contributed by atoms with E-state index in [0.717, 1.165) is 16.0 Å². The molecule has 8 heteroatoms. The molecule has 1 aliphatic heterocycles. The van der Waals surface area contributed by atoms with Crippen LogP contribution in [0.1, 0.15) is 19.0 Å². The molecule has 0 saturated heterocycles. The average molecular weight is 428 g/mol. The standard InChI is InChI=1S/C24H23BN3O4/c1-3-19-22(25)21-23(32-17-8-5-4-7-16(12-17)14-29)15(2)11-20(27-24(21)26-19)31-18-9-6-10-28(30)13-18/h4-6,8-13,29-30H,2-3,7,14H2,1H3,(H,26,27)/q+1. The molecule has 3 heterocycles. The molecule has 2 aromatic rings. The summed E-state index contributed by atoms with van der Waals surface area (Å²) in [5.41, 5.74) is 3.18. The van der Waals surface area contributed by atoms with Gasteiger partial charge in [-0.25, -0.2) is 0 Å². The Bertz CT molecular complexity index is 1320. The molecule has 32 heavy (non-hydrogen) atoms. The Morgan fingerprint density at radius 1 is 1.31 bits per heavy atom. The molecular formula is C24H23BN3O4+. The first-order chi connectivity index (χ1) is 15.5. The minimum atomic E-state index is -0.0615. The number of ether oxygens (including phenoxy) is 2. The number of fused-ring (bicyclic) bond motifs is 1. The first-order valence-corrected chi connectivity index (χ1v) is 10.2. The molecule has 0 amide bonds. The number of H-pyrrole nitrogens is 1. The van der Waals surface area contributed by atoms with Gasteiger partial charge in [-0.1, -0.05) is 31.1 Å². The van der Waals surface area contributed by atoms with Crippen LogP contribution in [-0.4, -0.2) is 29.8 Å². The molecular weight excluding hydrogens is 405 g/mol. The van der Waals surface area contributed by atoms with Crippen LogP contribution >= 0.6 is 0 Å². The van der Waals surface area contributed by atoms with E-state index in [2.05, 4.69) is 16.6 Å². The number of aliphatic hydroxyl groups excluding tert-OH is 1. The monoisotopic (exact) mass is 428 g/mol. The fourth-order valence-electron chi connectivity index (χ4n) is 3.44. The van der Waals surface area contributed by atoms with E-state index in [1.165, 1.54) is 12.4 Å². The molecule has 0 atom stereocenters. The molecule has 2 aliphatic rings. The fourth-order valence-corrected chi connectivity index (χ4v) is 3.44. The summed E-state index contributed by atoms with van der Waals surface area (Å²) in [4.78, 5) is 7.84. The van der Waals surface area contributed by atoms with Gasteiger partial charge in [0.1, 0.15) is 24.9 Å². The van der Waals surface area contributed by atoms with Gasteiger partial charge in [0.05, 0.1) is 11.8 Å². The van der Waals surface area contributed by atoms with E-state index < -0.39 is 0 Å². The number of allylic oxidation sites excluding steroid dienone is 4. The lowest BCUT2D eigenvalue weighted by Crippen LogP contribution is -2.37. The normalized spacial score (nSPS) is 15.6. The molecule has 0 spiro atoms. The van der Waals surface area contributed by atoms with Crippen molar-refractivity contribution >= 4 is 19.1 Å². The smallest absolute Gasteiger partial charge is 0.264 e. The highest BCUT2D eigenvalue weighted by atomic mass is 16.5. The molecule has 0 saturated carbocycles. The van der Waals surface area contributed by atoms with Gasteiger partial charge in [0.25, 0.3) is 6.20 Å². The number of pyridine rings is 1. The predicted octanol–water partition coefficient (Wildman–Crippen LogP) is 0.893. The zero-order valence-corrected chi connectivity index (χ0v) is 17.7. The molecule has 1 aliphatic carbocycles. The number of aromatic amines is 1. The van der Waals surface area contributed by atoms with Crippen LogP contribution in [0.2, 0.25) is 0 Å². The third-order valence-electron chi connectivity index (χ3n) is 5.02. The van der Waals surface area contributed by atoms with E-state index in [-0.39, 0.29) is 12.5 Å². The van der Waals surface area contributed by atoms with Gasteiger partial charge in [-0.15, -0.1) is 0 Å². The van der Waals surface area contributed by atoms with Crippen molar-refractivity contribution < 1.29 is 24.5 Å². The molecule has 0 fully saturated rings. The van der Waals surface area contributed by atoms with Gasteiger partial charge in [-0.3, -0.25) is 5.21 Å². The second-order valence-corrected chi connectivity index (χ2v) is 7.33. The summed E-state index contributed by atoms with van der Waals surface area (Å²) in [7, 11) is 6.44. The SMILES string of the molecule is [B]c1c(CC)[nH]c2c1=C(OC1=CC=CCC(CO)=C1)C(=C)C=C(Oc1ccc[n+](O)c1)N=2. The van der Waals surface area contributed by atoms with E-state index in [1.54, 1.807) is 24.3 Å². The molecule has 0 bridgehead atoms. The lowest BCUT2D eigenvalue weighted by Gasteiger charge is -2.12. The zero-order valence-electron chi connectivity index (χ0n) is 17.7. The van der Waals surface area contributed by atoms with Crippen LogP contribution in [0.4, 0.5) is 0 Å². The molecule has 0 unspecified atom stereocenters. The Kier molecular flexibility index (Phi) is 6.14. The molecule has 2 radical (unpaired) electrons. The molecule has 3 N–H and O–H groups in total. The van der Waals surface area contributed by atoms with E-state index in [1.807, 2.05) is 25.2 Å². The van der Waals surface area contributed by atoms with Crippen LogP contribution in [0, 0.1) is 0 Å². The maximum atomic E-state index is 9.66. The second-order valence-electron chi connectivity index (χ2n) is 7.33. The summed E-state index contributed by atoms with van der Waals surface area (Å²) in [6.45, 7) is 6.08. The minimum Gasteiger partial charge on any atom is -0.456 e. The number of nitrogens with zero attached hydrogens (tertiary/aromatic N) is 2. The lowest BCUT2D eigenvalue weighted by atomic mass is 9.92. The second kappa shape index (κ2) is 9.15. The largest absolute Gasteiger partial charge is 0.456 e. The van der Waals surface area contributed by atoms with Crippen molar-refractivity contribution in [3.63, 3.8) is 0 Å². The van der Waals surface area contributed by atoms with Gasteiger partial charge in [0, 0.05) is 28.1 Å². The topological polar surface area (TPSA) is 91.0 Å². The molecule has 2 aromatic heterocycles. The van der Waals surface area contributed by atoms with E-state index in [0.29, 0.717) is 51.9 Å². The van der Waals surface area contributed by atoms with E-state index in [4.69, 9.17) is 17.3 Å². The summed E-state index contributed by atoms with van der Waals surface area (Å²) >= 11 is 0. The van der Waals surface area contributed by atoms with Crippen molar-refractivity contribution in [1.82, 2.24) is 4.98 Å². The van der Waals surface area contributed by atoms with Crippen LogP contribution in [-0.2, 0) is 11.2 Å². The van der Waals surface area contributed by atoms with E-state index in [9.17, 15) is 10.3 Å². The molecule has 160 valence electrons. The predicted molar refractivity (Wildman–Crippen MR) is 120 cm³/mol. The quantitative estimate of drug-likeness (QED) is 0.362. The van der Waals surface area contributed by atoms with Gasteiger partial charge in [-0.05, 0) is 36.6 Å². The van der Waals surface area contributed by atoms with Crippen molar-refractivity contribution in [3.8, 4) is 5.75 Å². The summed E-state index contributed by atoms with van der Waals surface area (Å²) in [6.07, 6.45) is 13.3. The third kappa shape index (κ3) is 4.45. The molecule has 0 aromatic carbocycles. The lowest BCUT2D eigenvalue weighted by molar-refractivity contribution is -0.904. The summed E-state index contributed by atoms with van der Waals surface area (Å²) in [5.74, 6) is 1.64. The average Bonchev–Trinajstić information content (AvgIpc) is 2.90. The highest BCUT2D eigenvalue weighted by Crippen LogP contribution is 2.23. The highest BCUT2D eigenvalue weighted by molar-refractivity contribution is 6.33. The number of aliphatic hydroxyl groups is 1. The van der Waals surface area contributed by atoms with Crippen molar-refractivity contribution in [1.29, 1.82) is 0 Å². The highest BCUT2D eigenvalue weighted by Gasteiger charge is 2.18. The third-order valence-corrected chi connectivity index (χ3v) is 5.02. The summed E-state index contributed by atoms with van der Waals surface area (Å²) < 4.78 is 13.0. The van der Waals surface area contributed by atoms with Gasteiger partial charge in [0.15, 0.2) is 5.75 Å². The van der Waals surface area contributed by atoms with Crippen LogP contribution in [0.25, 0.3) is 5.76 Å². The number of hydrogen-bond acceptors (Lipinski definition) is 5. The Labute approximate surface area is 186 Å². The number of aryl methyl sites for hydroxylation is 1. The van der Waals surface area contributed by atoms with Gasteiger partial charge < -0.3 is 19.6 Å². The summed E-state index contributed by atoms with van der Waals surface area (Å²) in [6, 6.07) is 3.34. The number of nitrogens with one attached hydrogen (secondary N) is 1. The van der Waals surface area contributed by atoms with Crippen LogP contribution in [0.3, 0.4) is 0 Å². The number of aromatic nitrogens is 2. The Morgan fingerprint density at radius 2 is 2.16 bits per heavy atom. The fraction of sp³-hybridized carbons (Fsp3) is 0.167. The van der Waals surface area contributed by atoms with E-state index >= 15 is 0 Å². The van der Waals surface area contributed by atoms with Crippen LogP contribution in [0.5, 0.6) is 5.75 Å². The Balaban J connectivity index is 1.82. The minimum absolute atomic E-state index is 0.0615. The van der Waals surface area contributed by atoms with Crippen molar-refractivity contribution in [2.45, 2.75) is 19.8 Å². The van der Waals surface area contributed by atoms with Crippen molar-refractivity contribution in [2.75, 3.05) is 6.61 Å². The maximum absolute atomic E-state index is 9.66. The molecule has 7 nitrogen and oxygen atoms in total. The maximum Gasteiger partial charge on any atom is 0.264 e. The first kappa shape index (κ1) is 21.5. The summed E-state index contributed by atoms with van der Waals surface area (Å²) in [5, 5.41) is 19.8. The van der Waals surface area contributed by atoms with Crippen molar-refractivity contribution in [2.24, 2.45) is 4.99 Å². The van der Waals surface area contributed by atoms with Crippen LogP contribution < -0.4 is 25.6 Å². The van der Waals surface area contributed by atoms with Gasteiger partial charge in [0.2, 0.25) is 12.1 Å². The van der Waals surface area contributed by atoms with Gasteiger partial charge in [-0.2, -0.15) is 4.99 Å². The Hall–Kier alpha value is -3.78. The molecule has 4 rings (SSSR count). The first-order valence-electron chi connectivity index (χ1n) is 10.2. The number of rotatable bonds is 6. The van der Waals surface area contributed by atoms with Crippen LogP contribution in [0.15, 0.2) is 89.3 Å². The van der Waals surface area contributed by atoms with Crippen molar-refractivity contribution in [3.05, 3.63) is 101 Å². The van der Waals surface area contributed by atoms with Gasteiger partial charge >= 0.3 is 0 Å².